The molecule has 2 aromatic carbocycles. The standard InChI is InChI=1S/C20H25FN4O2S/c1-5-10-25-19-9-8-16(28(26,27)24(3)4)12-18(19)23-20(25)13-22-17-11-15(21)7-6-14(17)2/h6-9,11-12,22H,5,10,13H2,1-4H3. The van der Waals surface area contributed by atoms with E-state index in [0.717, 1.165) is 29.9 Å². The minimum atomic E-state index is -3.52. The first-order valence-corrected chi connectivity index (χ1v) is 10.6. The number of hydrogen-bond acceptors (Lipinski definition) is 4. The van der Waals surface area contributed by atoms with Crippen molar-refractivity contribution in [2.75, 3.05) is 19.4 Å². The van der Waals surface area contributed by atoms with E-state index < -0.39 is 10.0 Å². The predicted octanol–water partition coefficient (Wildman–Crippen LogP) is 3.76. The Hall–Kier alpha value is -2.45. The Morgan fingerprint density at radius 1 is 1.18 bits per heavy atom. The number of nitrogens with zero attached hydrogens (tertiary/aromatic N) is 3. The largest absolute Gasteiger partial charge is 0.378 e. The lowest BCUT2D eigenvalue weighted by Gasteiger charge is -2.12. The summed E-state index contributed by atoms with van der Waals surface area (Å²) in [5, 5.41) is 3.24. The second-order valence-corrected chi connectivity index (χ2v) is 9.08. The molecule has 1 heterocycles. The topological polar surface area (TPSA) is 67.2 Å². The van der Waals surface area contributed by atoms with Gasteiger partial charge in [0.05, 0.1) is 22.5 Å². The van der Waals surface area contributed by atoms with Gasteiger partial charge in [0, 0.05) is 26.3 Å². The van der Waals surface area contributed by atoms with Gasteiger partial charge in [0.2, 0.25) is 10.0 Å². The Labute approximate surface area is 165 Å². The van der Waals surface area contributed by atoms with Crippen LogP contribution in [0.3, 0.4) is 0 Å². The molecule has 0 aliphatic rings. The molecule has 150 valence electrons. The first kappa shape index (κ1) is 20.3. The molecule has 0 bridgehead atoms. The van der Waals surface area contributed by atoms with E-state index in [1.54, 1.807) is 24.3 Å². The van der Waals surface area contributed by atoms with Gasteiger partial charge in [-0.25, -0.2) is 22.1 Å². The van der Waals surface area contributed by atoms with Crippen molar-refractivity contribution < 1.29 is 12.8 Å². The molecule has 0 fully saturated rings. The maximum absolute atomic E-state index is 13.5. The fraction of sp³-hybridized carbons (Fsp3) is 0.350. The summed E-state index contributed by atoms with van der Waals surface area (Å²) in [5.41, 5.74) is 3.17. The van der Waals surface area contributed by atoms with Gasteiger partial charge in [0.25, 0.3) is 0 Å². The zero-order chi connectivity index (χ0) is 20.5. The van der Waals surface area contributed by atoms with E-state index in [-0.39, 0.29) is 10.7 Å². The van der Waals surface area contributed by atoms with Crippen LogP contribution >= 0.6 is 0 Å². The molecule has 0 spiro atoms. The molecule has 6 nitrogen and oxygen atoms in total. The van der Waals surface area contributed by atoms with Crippen molar-refractivity contribution in [3.05, 3.63) is 53.6 Å². The van der Waals surface area contributed by atoms with Gasteiger partial charge in [-0.05, 0) is 49.2 Å². The smallest absolute Gasteiger partial charge is 0.242 e. The van der Waals surface area contributed by atoms with Crippen molar-refractivity contribution in [1.29, 1.82) is 0 Å². The van der Waals surface area contributed by atoms with Gasteiger partial charge in [-0.3, -0.25) is 0 Å². The number of hydrogen-bond donors (Lipinski definition) is 1. The quantitative estimate of drug-likeness (QED) is 0.651. The van der Waals surface area contributed by atoms with Crippen LogP contribution in [0, 0.1) is 12.7 Å². The molecule has 3 rings (SSSR count). The summed E-state index contributed by atoms with van der Waals surface area (Å²) in [6.07, 6.45) is 0.912. The van der Waals surface area contributed by atoms with Gasteiger partial charge in [-0.2, -0.15) is 0 Å². The van der Waals surface area contributed by atoms with Crippen LogP contribution in [0.1, 0.15) is 24.7 Å². The summed E-state index contributed by atoms with van der Waals surface area (Å²) in [7, 11) is -0.511. The molecule has 0 saturated carbocycles. The molecule has 0 aliphatic carbocycles. The highest BCUT2D eigenvalue weighted by atomic mass is 32.2. The molecule has 8 heteroatoms. The lowest BCUT2D eigenvalue weighted by Crippen LogP contribution is -2.22. The zero-order valence-electron chi connectivity index (χ0n) is 16.5. The molecule has 1 aromatic heterocycles. The molecule has 0 amide bonds. The Morgan fingerprint density at radius 3 is 2.61 bits per heavy atom. The van der Waals surface area contributed by atoms with Crippen LogP contribution in [0.15, 0.2) is 41.3 Å². The molecular formula is C20H25FN4O2S. The first-order chi connectivity index (χ1) is 13.2. The summed E-state index contributed by atoms with van der Waals surface area (Å²) in [6, 6.07) is 9.63. The van der Waals surface area contributed by atoms with Gasteiger partial charge >= 0.3 is 0 Å². The number of anilines is 1. The van der Waals surface area contributed by atoms with Crippen molar-refractivity contribution in [3.63, 3.8) is 0 Å². The number of imidazole rings is 1. The van der Waals surface area contributed by atoms with Crippen molar-refractivity contribution in [1.82, 2.24) is 13.9 Å². The van der Waals surface area contributed by atoms with E-state index in [9.17, 15) is 12.8 Å². The summed E-state index contributed by atoms with van der Waals surface area (Å²) in [5.74, 6) is 0.480. The number of rotatable bonds is 7. The number of sulfonamides is 1. The summed E-state index contributed by atoms with van der Waals surface area (Å²) < 4.78 is 41.6. The van der Waals surface area contributed by atoms with Gasteiger partial charge in [0.1, 0.15) is 11.6 Å². The third kappa shape index (κ3) is 3.88. The fourth-order valence-electron chi connectivity index (χ4n) is 3.10. The van der Waals surface area contributed by atoms with Crippen LogP contribution in [0.4, 0.5) is 10.1 Å². The molecule has 1 N–H and O–H groups in total. The number of aromatic nitrogens is 2. The summed E-state index contributed by atoms with van der Waals surface area (Å²) in [4.78, 5) is 4.87. The maximum atomic E-state index is 13.5. The Kier molecular flexibility index (Phi) is 5.71. The number of fused-ring (bicyclic) bond motifs is 1. The monoisotopic (exact) mass is 404 g/mol. The van der Waals surface area contributed by atoms with Crippen LogP contribution in [0.25, 0.3) is 11.0 Å². The van der Waals surface area contributed by atoms with Gasteiger partial charge in [0.15, 0.2) is 0 Å². The second-order valence-electron chi connectivity index (χ2n) is 6.93. The zero-order valence-corrected chi connectivity index (χ0v) is 17.3. The average Bonchev–Trinajstić information content (AvgIpc) is 2.99. The van der Waals surface area contributed by atoms with Crippen LogP contribution < -0.4 is 5.32 Å². The van der Waals surface area contributed by atoms with Crippen LogP contribution in [-0.4, -0.2) is 36.4 Å². The predicted molar refractivity (Wildman–Crippen MR) is 109 cm³/mol. The average molecular weight is 405 g/mol. The lowest BCUT2D eigenvalue weighted by molar-refractivity contribution is 0.521. The summed E-state index contributed by atoms with van der Waals surface area (Å²) in [6.45, 7) is 5.16. The third-order valence-electron chi connectivity index (χ3n) is 4.66. The lowest BCUT2D eigenvalue weighted by atomic mass is 10.2. The molecule has 28 heavy (non-hydrogen) atoms. The van der Waals surface area contributed by atoms with Gasteiger partial charge in [-0.15, -0.1) is 0 Å². The molecular weight excluding hydrogens is 379 g/mol. The highest BCUT2D eigenvalue weighted by molar-refractivity contribution is 7.89. The van der Waals surface area contributed by atoms with Gasteiger partial charge < -0.3 is 9.88 Å². The highest BCUT2D eigenvalue weighted by Gasteiger charge is 2.19. The number of aryl methyl sites for hydroxylation is 2. The Morgan fingerprint density at radius 2 is 1.93 bits per heavy atom. The van der Waals surface area contributed by atoms with Crippen LogP contribution in [-0.2, 0) is 23.1 Å². The van der Waals surface area contributed by atoms with Gasteiger partial charge in [-0.1, -0.05) is 13.0 Å². The first-order valence-electron chi connectivity index (χ1n) is 9.15. The second kappa shape index (κ2) is 7.89. The molecule has 0 aliphatic heterocycles. The van der Waals surface area contributed by atoms with E-state index in [1.807, 2.05) is 6.92 Å². The highest BCUT2D eigenvalue weighted by Crippen LogP contribution is 2.24. The SMILES string of the molecule is CCCn1c(CNc2cc(F)ccc2C)nc2cc(S(=O)(=O)N(C)C)ccc21. The third-order valence-corrected chi connectivity index (χ3v) is 6.47. The minimum Gasteiger partial charge on any atom is -0.378 e. The van der Waals surface area contributed by atoms with E-state index >= 15 is 0 Å². The normalized spacial score (nSPS) is 12.1. The van der Waals surface area contributed by atoms with Crippen molar-refractivity contribution in [3.8, 4) is 0 Å². The Bertz CT molecular complexity index is 1110. The number of nitrogens with one attached hydrogen (secondary N) is 1. The summed E-state index contributed by atoms with van der Waals surface area (Å²) >= 11 is 0. The van der Waals surface area contributed by atoms with Crippen molar-refractivity contribution >= 4 is 26.7 Å². The van der Waals surface area contributed by atoms with Crippen LogP contribution in [0.5, 0.6) is 0 Å². The number of benzene rings is 2. The van der Waals surface area contributed by atoms with Crippen molar-refractivity contribution in [2.24, 2.45) is 0 Å². The minimum absolute atomic E-state index is 0.214. The van der Waals surface area contributed by atoms with E-state index in [4.69, 9.17) is 0 Å². The van der Waals surface area contributed by atoms with E-state index in [2.05, 4.69) is 21.8 Å². The molecule has 0 radical (unpaired) electrons. The van der Waals surface area contributed by atoms with E-state index in [0.29, 0.717) is 17.7 Å². The maximum Gasteiger partial charge on any atom is 0.242 e. The van der Waals surface area contributed by atoms with Crippen LogP contribution in [0.2, 0.25) is 0 Å². The van der Waals surface area contributed by atoms with Crippen molar-refractivity contribution in [2.45, 2.75) is 38.3 Å². The fourth-order valence-corrected chi connectivity index (χ4v) is 4.02. The molecule has 0 saturated heterocycles. The number of halogens is 1. The Balaban J connectivity index is 1.99. The molecule has 0 unspecified atom stereocenters. The molecule has 3 aromatic rings. The molecule has 0 atom stereocenters. The van der Waals surface area contributed by atoms with E-state index in [1.165, 1.54) is 30.5 Å².